The van der Waals surface area contributed by atoms with Crippen LogP contribution < -0.4 is 0 Å². The van der Waals surface area contributed by atoms with Crippen LogP contribution in [-0.2, 0) is 0 Å². The van der Waals surface area contributed by atoms with Crippen LogP contribution in [0.3, 0.4) is 0 Å². The van der Waals surface area contributed by atoms with E-state index in [2.05, 4.69) is 10.2 Å². The molecule has 0 N–H and O–H groups in total. The van der Waals surface area contributed by atoms with Crippen LogP contribution in [0.2, 0.25) is 0 Å². The van der Waals surface area contributed by atoms with Crippen molar-refractivity contribution >= 4 is 5.69 Å². The molecule has 0 atom stereocenters. The highest BCUT2D eigenvalue weighted by atomic mass is 15.1. The lowest BCUT2D eigenvalue weighted by atomic mass is 10.3. The van der Waals surface area contributed by atoms with E-state index in [1.807, 2.05) is 30.3 Å². The quantitative estimate of drug-likeness (QED) is 0.610. The van der Waals surface area contributed by atoms with Gasteiger partial charge in [0, 0.05) is 0 Å². The Hall–Kier alpha value is -1.18. The standard InChI is InChI=1S/C11H14N2/c1-2-6-10(7-3-1)12-13-11-8-4-5-9-11/h1-3,6-7,11H,4-5,8-9H2. The summed E-state index contributed by atoms with van der Waals surface area (Å²) in [4.78, 5) is 0. The van der Waals surface area contributed by atoms with Gasteiger partial charge in [0.1, 0.15) is 0 Å². The van der Waals surface area contributed by atoms with Gasteiger partial charge < -0.3 is 0 Å². The fraction of sp³-hybridized carbons (Fsp3) is 0.455. The number of benzene rings is 1. The van der Waals surface area contributed by atoms with Crippen LogP contribution in [0, 0.1) is 0 Å². The van der Waals surface area contributed by atoms with E-state index in [1.54, 1.807) is 0 Å². The van der Waals surface area contributed by atoms with Crippen LogP contribution in [0.1, 0.15) is 25.7 Å². The number of azo groups is 1. The molecule has 2 nitrogen and oxygen atoms in total. The SMILES string of the molecule is c1ccc(N=NC2CCCC2)cc1. The summed E-state index contributed by atoms with van der Waals surface area (Å²) in [5, 5.41) is 8.53. The number of nitrogens with zero attached hydrogens (tertiary/aromatic N) is 2. The molecular weight excluding hydrogens is 160 g/mol. The monoisotopic (exact) mass is 174 g/mol. The zero-order chi connectivity index (χ0) is 8.93. The highest BCUT2D eigenvalue weighted by molar-refractivity contribution is 5.34. The molecule has 0 saturated heterocycles. The maximum absolute atomic E-state index is 4.32. The molecule has 0 heterocycles. The minimum atomic E-state index is 0.486. The van der Waals surface area contributed by atoms with Gasteiger partial charge in [-0.1, -0.05) is 31.0 Å². The molecule has 1 aliphatic rings. The van der Waals surface area contributed by atoms with Crippen LogP contribution >= 0.6 is 0 Å². The fourth-order valence-corrected chi connectivity index (χ4v) is 1.66. The molecule has 2 rings (SSSR count). The third-order valence-corrected chi connectivity index (χ3v) is 2.42. The van der Waals surface area contributed by atoms with E-state index < -0.39 is 0 Å². The van der Waals surface area contributed by atoms with Crippen molar-refractivity contribution in [1.82, 2.24) is 0 Å². The van der Waals surface area contributed by atoms with Gasteiger partial charge in [-0.25, -0.2) is 0 Å². The normalized spacial score (nSPS) is 18.5. The van der Waals surface area contributed by atoms with Gasteiger partial charge in [0.15, 0.2) is 0 Å². The Morgan fingerprint density at radius 2 is 1.69 bits per heavy atom. The first-order valence-corrected chi connectivity index (χ1v) is 4.91. The van der Waals surface area contributed by atoms with Crippen molar-refractivity contribution in [3.63, 3.8) is 0 Å². The van der Waals surface area contributed by atoms with E-state index in [0.717, 1.165) is 5.69 Å². The fourth-order valence-electron chi connectivity index (χ4n) is 1.66. The molecule has 0 aromatic heterocycles. The lowest BCUT2D eigenvalue weighted by Crippen LogP contribution is -1.92. The summed E-state index contributed by atoms with van der Waals surface area (Å²) in [5.74, 6) is 0. The second kappa shape index (κ2) is 4.17. The van der Waals surface area contributed by atoms with E-state index in [9.17, 15) is 0 Å². The molecule has 0 spiro atoms. The molecule has 1 aromatic carbocycles. The third kappa shape index (κ3) is 2.38. The molecule has 1 aliphatic carbocycles. The molecule has 1 aromatic rings. The molecule has 2 heteroatoms. The van der Waals surface area contributed by atoms with Crippen LogP contribution in [-0.4, -0.2) is 6.04 Å². The Kier molecular flexibility index (Phi) is 2.70. The van der Waals surface area contributed by atoms with E-state index in [4.69, 9.17) is 0 Å². The van der Waals surface area contributed by atoms with E-state index in [1.165, 1.54) is 25.7 Å². The van der Waals surface area contributed by atoms with Crippen molar-refractivity contribution in [3.05, 3.63) is 30.3 Å². The smallest absolute Gasteiger partial charge is 0.0852 e. The Morgan fingerprint density at radius 1 is 1.00 bits per heavy atom. The topological polar surface area (TPSA) is 24.7 Å². The average molecular weight is 174 g/mol. The van der Waals surface area contributed by atoms with E-state index >= 15 is 0 Å². The summed E-state index contributed by atoms with van der Waals surface area (Å²) >= 11 is 0. The number of rotatable bonds is 2. The molecule has 0 radical (unpaired) electrons. The van der Waals surface area contributed by atoms with E-state index in [0.29, 0.717) is 6.04 Å². The van der Waals surface area contributed by atoms with Gasteiger partial charge in [-0.3, -0.25) is 0 Å². The second-order valence-electron chi connectivity index (χ2n) is 3.49. The Balaban J connectivity index is 1.97. The van der Waals surface area contributed by atoms with Crippen molar-refractivity contribution in [3.8, 4) is 0 Å². The summed E-state index contributed by atoms with van der Waals surface area (Å²) in [6.45, 7) is 0. The van der Waals surface area contributed by atoms with Crippen molar-refractivity contribution < 1.29 is 0 Å². The van der Waals surface area contributed by atoms with Crippen LogP contribution in [0.4, 0.5) is 5.69 Å². The predicted molar refractivity (Wildman–Crippen MR) is 53.2 cm³/mol. The minimum Gasteiger partial charge on any atom is -0.185 e. The maximum Gasteiger partial charge on any atom is 0.0852 e. The number of hydrogen-bond donors (Lipinski definition) is 0. The minimum absolute atomic E-state index is 0.486. The van der Waals surface area contributed by atoms with Gasteiger partial charge in [-0.2, -0.15) is 10.2 Å². The molecule has 13 heavy (non-hydrogen) atoms. The Labute approximate surface area is 78.7 Å². The average Bonchev–Trinajstić information content (AvgIpc) is 2.69. The largest absolute Gasteiger partial charge is 0.185 e. The van der Waals surface area contributed by atoms with Gasteiger partial charge >= 0.3 is 0 Å². The van der Waals surface area contributed by atoms with Crippen LogP contribution in [0.5, 0.6) is 0 Å². The zero-order valence-electron chi connectivity index (χ0n) is 7.69. The van der Waals surface area contributed by atoms with Gasteiger partial charge in [0.05, 0.1) is 11.7 Å². The Morgan fingerprint density at radius 3 is 2.38 bits per heavy atom. The van der Waals surface area contributed by atoms with Gasteiger partial charge in [-0.15, -0.1) is 0 Å². The highest BCUT2D eigenvalue weighted by Gasteiger charge is 2.13. The first-order chi connectivity index (χ1) is 6.45. The molecule has 0 unspecified atom stereocenters. The lowest BCUT2D eigenvalue weighted by molar-refractivity contribution is 0.670. The van der Waals surface area contributed by atoms with Crippen molar-refractivity contribution in [1.29, 1.82) is 0 Å². The first kappa shape index (κ1) is 8.42. The lowest BCUT2D eigenvalue weighted by Gasteiger charge is -1.98. The van der Waals surface area contributed by atoms with E-state index in [-0.39, 0.29) is 0 Å². The molecule has 68 valence electrons. The van der Waals surface area contributed by atoms with Crippen molar-refractivity contribution in [2.45, 2.75) is 31.7 Å². The second-order valence-corrected chi connectivity index (χ2v) is 3.49. The molecular formula is C11H14N2. The maximum atomic E-state index is 4.32. The third-order valence-electron chi connectivity index (χ3n) is 2.42. The summed E-state index contributed by atoms with van der Waals surface area (Å²) in [6, 6.07) is 10.4. The van der Waals surface area contributed by atoms with Crippen LogP contribution in [0.15, 0.2) is 40.6 Å². The van der Waals surface area contributed by atoms with Crippen LogP contribution in [0.25, 0.3) is 0 Å². The first-order valence-electron chi connectivity index (χ1n) is 4.91. The summed E-state index contributed by atoms with van der Waals surface area (Å²) in [7, 11) is 0. The molecule has 1 fully saturated rings. The number of hydrogen-bond acceptors (Lipinski definition) is 2. The molecule has 0 amide bonds. The van der Waals surface area contributed by atoms with Gasteiger partial charge in [0.2, 0.25) is 0 Å². The molecule has 0 bridgehead atoms. The zero-order valence-corrected chi connectivity index (χ0v) is 7.69. The highest BCUT2D eigenvalue weighted by Crippen LogP contribution is 2.22. The summed E-state index contributed by atoms with van der Waals surface area (Å²) < 4.78 is 0. The van der Waals surface area contributed by atoms with Gasteiger partial charge in [0.25, 0.3) is 0 Å². The summed E-state index contributed by atoms with van der Waals surface area (Å²) in [6.07, 6.45) is 5.07. The predicted octanol–water partition coefficient (Wildman–Crippen LogP) is 3.71. The summed E-state index contributed by atoms with van der Waals surface area (Å²) in [5.41, 5.74) is 0.967. The molecule has 0 aliphatic heterocycles. The Bertz CT molecular complexity index is 273. The molecule has 1 saturated carbocycles. The van der Waals surface area contributed by atoms with Crippen molar-refractivity contribution in [2.75, 3.05) is 0 Å². The van der Waals surface area contributed by atoms with Crippen molar-refractivity contribution in [2.24, 2.45) is 10.2 Å². The van der Waals surface area contributed by atoms with Gasteiger partial charge in [-0.05, 0) is 25.0 Å².